The fourth-order valence-electron chi connectivity index (χ4n) is 4.37. The molecule has 6 heteroatoms. The molecule has 1 aliphatic carbocycles. The molecule has 0 aromatic heterocycles. The predicted molar refractivity (Wildman–Crippen MR) is 106 cm³/mol. The fraction of sp³-hybridized carbons (Fsp3) is 0.652. The maximum absolute atomic E-state index is 14.8. The molecule has 2 atom stereocenters. The van der Waals surface area contributed by atoms with Crippen LogP contribution in [0.1, 0.15) is 68.9 Å². The number of benzene rings is 1. The summed E-state index contributed by atoms with van der Waals surface area (Å²) in [4.78, 5) is 0. The van der Waals surface area contributed by atoms with Crippen LogP contribution in [0.15, 0.2) is 24.8 Å². The van der Waals surface area contributed by atoms with Gasteiger partial charge in [-0.15, -0.1) is 6.58 Å². The quantitative estimate of drug-likeness (QED) is 0.477. The van der Waals surface area contributed by atoms with E-state index in [0.717, 1.165) is 38.5 Å². The molecule has 3 rings (SSSR count). The summed E-state index contributed by atoms with van der Waals surface area (Å²) >= 11 is 0. The van der Waals surface area contributed by atoms with Gasteiger partial charge in [0.05, 0.1) is 31.0 Å². The maximum atomic E-state index is 14.8. The van der Waals surface area contributed by atoms with E-state index in [0.29, 0.717) is 24.7 Å². The van der Waals surface area contributed by atoms with Gasteiger partial charge in [-0.2, -0.15) is 0 Å². The van der Waals surface area contributed by atoms with Crippen molar-refractivity contribution in [1.82, 2.24) is 0 Å². The number of alkyl halides is 2. The zero-order chi connectivity index (χ0) is 20.8. The molecule has 162 valence electrons. The molecule has 1 aromatic carbocycles. The Balaban J connectivity index is 1.53. The molecule has 2 fully saturated rings. The van der Waals surface area contributed by atoms with E-state index in [-0.39, 0.29) is 30.5 Å². The summed E-state index contributed by atoms with van der Waals surface area (Å²) in [6.45, 7) is 6.95. The number of halogens is 3. The van der Waals surface area contributed by atoms with Gasteiger partial charge in [0, 0.05) is 6.61 Å². The lowest BCUT2D eigenvalue weighted by Gasteiger charge is -2.32. The molecule has 1 aliphatic heterocycles. The molecule has 2 unspecified atom stereocenters. The van der Waals surface area contributed by atoms with Crippen LogP contribution in [0.5, 0.6) is 5.75 Å². The largest absolute Gasteiger partial charge is 0.493 e. The molecular formula is C23H31F3O3. The zero-order valence-corrected chi connectivity index (χ0v) is 17.0. The second-order valence-electron chi connectivity index (χ2n) is 7.97. The standard InChI is InChI=1S/C23H31F3O3/c1-3-17-9-10-18(14-29-17)28-13-15-5-7-16(8-6-15)19-11-12-20(27-4-2)21(22(19)24)23(25)26/h3,11-12,15-18,23H,1,4-10,13-14H2,2H3. The molecule has 0 spiro atoms. The summed E-state index contributed by atoms with van der Waals surface area (Å²) in [6, 6.07) is 3.10. The van der Waals surface area contributed by atoms with Crippen LogP contribution in [-0.4, -0.2) is 32.0 Å². The van der Waals surface area contributed by atoms with Gasteiger partial charge in [0.2, 0.25) is 0 Å². The van der Waals surface area contributed by atoms with Gasteiger partial charge in [0.1, 0.15) is 11.6 Å². The molecular weight excluding hydrogens is 381 g/mol. The molecule has 3 nitrogen and oxygen atoms in total. The highest BCUT2D eigenvalue weighted by atomic mass is 19.3. The van der Waals surface area contributed by atoms with Crippen molar-refractivity contribution in [3.8, 4) is 5.75 Å². The van der Waals surface area contributed by atoms with Crippen molar-refractivity contribution >= 4 is 0 Å². The first kappa shape index (κ1) is 22.2. The summed E-state index contributed by atoms with van der Waals surface area (Å²) in [5.74, 6) is -0.476. The zero-order valence-electron chi connectivity index (χ0n) is 17.0. The van der Waals surface area contributed by atoms with Gasteiger partial charge < -0.3 is 14.2 Å². The van der Waals surface area contributed by atoms with Crippen molar-refractivity contribution in [3.05, 3.63) is 41.7 Å². The number of ether oxygens (including phenoxy) is 3. The second-order valence-corrected chi connectivity index (χ2v) is 7.97. The van der Waals surface area contributed by atoms with Gasteiger partial charge in [0.25, 0.3) is 6.43 Å². The van der Waals surface area contributed by atoms with Crippen molar-refractivity contribution in [2.24, 2.45) is 5.92 Å². The van der Waals surface area contributed by atoms with Crippen LogP contribution in [-0.2, 0) is 9.47 Å². The minimum atomic E-state index is -2.89. The number of hydrogen-bond donors (Lipinski definition) is 0. The predicted octanol–water partition coefficient (Wildman–Crippen LogP) is 6.19. The van der Waals surface area contributed by atoms with Crippen LogP contribution in [0.4, 0.5) is 13.2 Å². The summed E-state index contributed by atoms with van der Waals surface area (Å²) in [5.41, 5.74) is -0.218. The van der Waals surface area contributed by atoms with Crippen LogP contribution in [0, 0.1) is 11.7 Å². The first-order valence-corrected chi connectivity index (χ1v) is 10.6. The molecule has 2 aliphatic rings. The van der Waals surface area contributed by atoms with E-state index in [1.165, 1.54) is 6.07 Å². The minimum Gasteiger partial charge on any atom is -0.493 e. The second kappa shape index (κ2) is 10.5. The molecule has 0 amide bonds. The summed E-state index contributed by atoms with van der Waals surface area (Å²) in [7, 11) is 0. The maximum Gasteiger partial charge on any atom is 0.270 e. The Bertz CT molecular complexity index is 664. The molecule has 0 radical (unpaired) electrons. The average Bonchev–Trinajstić information content (AvgIpc) is 2.73. The van der Waals surface area contributed by atoms with E-state index in [9.17, 15) is 13.2 Å². The third kappa shape index (κ3) is 5.54. The highest BCUT2D eigenvalue weighted by Gasteiger charge is 2.30. The topological polar surface area (TPSA) is 27.7 Å². The van der Waals surface area contributed by atoms with Gasteiger partial charge >= 0.3 is 0 Å². The lowest BCUT2D eigenvalue weighted by Crippen LogP contribution is -2.32. The first-order valence-electron chi connectivity index (χ1n) is 10.6. The summed E-state index contributed by atoms with van der Waals surface area (Å²) in [5, 5.41) is 0. The molecule has 1 saturated heterocycles. The molecule has 1 aromatic rings. The van der Waals surface area contributed by atoms with Crippen LogP contribution in [0.3, 0.4) is 0 Å². The van der Waals surface area contributed by atoms with Crippen LogP contribution >= 0.6 is 0 Å². The molecule has 0 N–H and O–H groups in total. The Morgan fingerprint density at radius 3 is 2.52 bits per heavy atom. The highest BCUT2D eigenvalue weighted by molar-refractivity contribution is 5.41. The number of rotatable bonds is 8. The first-order chi connectivity index (χ1) is 14.0. The highest BCUT2D eigenvalue weighted by Crippen LogP contribution is 2.41. The smallest absolute Gasteiger partial charge is 0.270 e. The van der Waals surface area contributed by atoms with Crippen LogP contribution in [0.2, 0.25) is 0 Å². The van der Waals surface area contributed by atoms with Gasteiger partial charge in [-0.25, -0.2) is 13.2 Å². The van der Waals surface area contributed by atoms with E-state index in [4.69, 9.17) is 14.2 Å². The van der Waals surface area contributed by atoms with Gasteiger partial charge in [-0.1, -0.05) is 12.1 Å². The van der Waals surface area contributed by atoms with E-state index in [1.807, 2.05) is 6.08 Å². The lowest BCUT2D eigenvalue weighted by molar-refractivity contribution is -0.0814. The minimum absolute atomic E-state index is 0.0363. The average molecular weight is 412 g/mol. The third-order valence-electron chi connectivity index (χ3n) is 6.07. The van der Waals surface area contributed by atoms with E-state index < -0.39 is 17.8 Å². The van der Waals surface area contributed by atoms with Crippen LogP contribution in [0.25, 0.3) is 0 Å². The Labute approximate surface area is 171 Å². The third-order valence-corrected chi connectivity index (χ3v) is 6.07. The van der Waals surface area contributed by atoms with E-state index >= 15 is 0 Å². The number of hydrogen-bond acceptors (Lipinski definition) is 3. The van der Waals surface area contributed by atoms with Crippen molar-refractivity contribution in [2.45, 2.75) is 70.0 Å². The van der Waals surface area contributed by atoms with Crippen molar-refractivity contribution in [2.75, 3.05) is 19.8 Å². The Morgan fingerprint density at radius 2 is 1.93 bits per heavy atom. The fourth-order valence-corrected chi connectivity index (χ4v) is 4.37. The van der Waals surface area contributed by atoms with Crippen LogP contribution < -0.4 is 4.74 Å². The van der Waals surface area contributed by atoms with Crippen molar-refractivity contribution < 1.29 is 27.4 Å². The molecule has 1 saturated carbocycles. The normalized spacial score (nSPS) is 27.8. The summed E-state index contributed by atoms with van der Waals surface area (Å²) < 4.78 is 58.5. The van der Waals surface area contributed by atoms with Crippen molar-refractivity contribution in [3.63, 3.8) is 0 Å². The SMILES string of the molecule is C=CC1CCC(OCC2CCC(c3ccc(OCC)c(C(F)F)c3F)CC2)CO1. The molecule has 1 heterocycles. The van der Waals surface area contributed by atoms with Crippen molar-refractivity contribution in [1.29, 1.82) is 0 Å². The van der Waals surface area contributed by atoms with E-state index in [1.54, 1.807) is 13.0 Å². The lowest BCUT2D eigenvalue weighted by atomic mass is 9.78. The summed E-state index contributed by atoms with van der Waals surface area (Å²) in [6.07, 6.45) is 4.48. The Kier molecular flexibility index (Phi) is 8.01. The Hall–Kier alpha value is -1.53. The van der Waals surface area contributed by atoms with E-state index in [2.05, 4.69) is 6.58 Å². The van der Waals surface area contributed by atoms with Gasteiger partial charge in [-0.05, 0) is 68.9 Å². The van der Waals surface area contributed by atoms with Gasteiger partial charge in [0.15, 0.2) is 0 Å². The molecule has 0 bridgehead atoms. The van der Waals surface area contributed by atoms with Gasteiger partial charge in [-0.3, -0.25) is 0 Å². The Morgan fingerprint density at radius 1 is 1.17 bits per heavy atom. The molecule has 29 heavy (non-hydrogen) atoms. The monoisotopic (exact) mass is 412 g/mol.